The Kier molecular flexibility index (Phi) is 5.74. The molecule has 0 aliphatic heterocycles. The highest BCUT2D eigenvalue weighted by atomic mass is 19.1. The third kappa shape index (κ3) is 4.17. The molecule has 2 aromatic carbocycles. The molecule has 0 atom stereocenters. The third-order valence-electron chi connectivity index (χ3n) is 6.71. The van der Waals surface area contributed by atoms with Gasteiger partial charge in [0.25, 0.3) is 0 Å². The Hall–Kier alpha value is -3.06. The average Bonchev–Trinajstić information content (AvgIpc) is 3.31. The van der Waals surface area contributed by atoms with Gasteiger partial charge in [-0.3, -0.25) is 0 Å². The van der Waals surface area contributed by atoms with Crippen LogP contribution in [0.5, 0.6) is 0 Å². The highest BCUT2D eigenvalue weighted by molar-refractivity contribution is 5.83. The van der Waals surface area contributed by atoms with E-state index in [4.69, 9.17) is 14.2 Å². The van der Waals surface area contributed by atoms with Gasteiger partial charge < -0.3 is 13.8 Å². The van der Waals surface area contributed by atoms with E-state index in [9.17, 15) is 8.78 Å². The second-order valence-corrected chi connectivity index (χ2v) is 8.92. The maximum atomic E-state index is 13.9. The van der Waals surface area contributed by atoms with Crippen molar-refractivity contribution in [2.24, 2.45) is 0 Å². The molecule has 5 rings (SSSR count). The van der Waals surface area contributed by atoms with Gasteiger partial charge in [0.15, 0.2) is 0 Å². The molecule has 1 fully saturated rings. The molecule has 0 N–H and O–H groups in total. The number of nitrogens with zero attached hydrogens (tertiary/aromatic N) is 3. The first-order valence-electron chi connectivity index (χ1n) is 11.3. The predicted octanol–water partition coefficient (Wildman–Crippen LogP) is 6.31. The lowest BCUT2D eigenvalue weighted by molar-refractivity contribution is 0.0586. The Morgan fingerprint density at radius 3 is 2.39 bits per heavy atom. The lowest BCUT2D eigenvalue weighted by Gasteiger charge is -2.30. The van der Waals surface area contributed by atoms with Crippen molar-refractivity contribution in [3.8, 4) is 11.1 Å². The van der Waals surface area contributed by atoms with Crippen molar-refractivity contribution in [2.45, 2.75) is 58.1 Å². The van der Waals surface area contributed by atoms with E-state index in [1.807, 2.05) is 13.8 Å². The van der Waals surface area contributed by atoms with Crippen LogP contribution in [-0.2, 0) is 11.2 Å². The van der Waals surface area contributed by atoms with Crippen molar-refractivity contribution in [3.05, 3.63) is 70.9 Å². The molecule has 7 heteroatoms. The largest absolute Gasteiger partial charge is 0.381 e. The number of hydrogen-bond donors (Lipinski definition) is 0. The molecule has 2 aromatic heterocycles. The van der Waals surface area contributed by atoms with Crippen LogP contribution >= 0.6 is 0 Å². The van der Waals surface area contributed by atoms with E-state index in [0.29, 0.717) is 12.0 Å². The molecule has 2 heterocycles. The number of halogens is 2. The van der Waals surface area contributed by atoms with Gasteiger partial charge in [0.1, 0.15) is 23.2 Å². The molecule has 0 spiro atoms. The summed E-state index contributed by atoms with van der Waals surface area (Å²) in [6.07, 6.45) is 4.54. The Bertz CT molecular complexity index is 1260. The molecular formula is C26H27F2N3O2. The fourth-order valence-electron chi connectivity index (χ4n) is 5.17. The van der Waals surface area contributed by atoms with E-state index in [1.165, 1.54) is 12.1 Å². The van der Waals surface area contributed by atoms with E-state index in [1.54, 1.807) is 7.11 Å². The van der Waals surface area contributed by atoms with Gasteiger partial charge in [0.05, 0.1) is 22.8 Å². The van der Waals surface area contributed by atoms with Crippen LogP contribution in [-0.4, -0.2) is 27.9 Å². The molecular weight excluding hydrogens is 424 g/mol. The summed E-state index contributed by atoms with van der Waals surface area (Å²) in [5.41, 5.74) is 5.25. The first-order valence-corrected chi connectivity index (χ1v) is 11.3. The molecule has 0 unspecified atom stereocenters. The number of rotatable bonds is 5. The minimum atomic E-state index is -0.575. The molecule has 172 valence electrons. The van der Waals surface area contributed by atoms with Gasteiger partial charge in [0.2, 0.25) is 0 Å². The maximum absolute atomic E-state index is 13.9. The van der Waals surface area contributed by atoms with Gasteiger partial charge >= 0.3 is 0 Å². The van der Waals surface area contributed by atoms with E-state index >= 15 is 0 Å². The predicted molar refractivity (Wildman–Crippen MR) is 122 cm³/mol. The Morgan fingerprint density at radius 2 is 1.76 bits per heavy atom. The van der Waals surface area contributed by atoms with Gasteiger partial charge in [0, 0.05) is 31.2 Å². The van der Waals surface area contributed by atoms with Crippen molar-refractivity contribution < 1.29 is 18.0 Å². The van der Waals surface area contributed by atoms with E-state index < -0.39 is 11.6 Å². The zero-order chi connectivity index (χ0) is 23.1. The number of benzene rings is 2. The number of hydrogen-bond acceptors (Lipinski definition) is 4. The molecule has 0 bridgehead atoms. The quantitative estimate of drug-likeness (QED) is 0.357. The van der Waals surface area contributed by atoms with Gasteiger partial charge in [-0.05, 0) is 74.9 Å². The molecule has 0 amide bonds. The Balaban J connectivity index is 1.60. The standard InChI is InChI=1S/C26H27F2N3O2/c1-15-26(16(2)33-30-15)18-4-9-24-23(13-18)29-25(12-17-10-19(27)14-20(28)11-17)31(24)21-5-7-22(32-3)8-6-21/h4,9-11,13-14,21-22H,5-8,12H2,1-3H3. The van der Waals surface area contributed by atoms with Gasteiger partial charge in [-0.25, -0.2) is 13.8 Å². The van der Waals surface area contributed by atoms with Crippen LogP contribution in [0.4, 0.5) is 8.78 Å². The summed E-state index contributed by atoms with van der Waals surface area (Å²) >= 11 is 0. The number of aryl methyl sites for hydroxylation is 2. The number of methoxy groups -OCH3 is 1. The Labute approximate surface area is 191 Å². The molecule has 1 aliphatic carbocycles. The van der Waals surface area contributed by atoms with Gasteiger partial charge in [-0.1, -0.05) is 11.2 Å². The third-order valence-corrected chi connectivity index (χ3v) is 6.71. The molecule has 33 heavy (non-hydrogen) atoms. The molecule has 4 aromatic rings. The minimum absolute atomic E-state index is 0.264. The first-order chi connectivity index (χ1) is 15.9. The smallest absolute Gasteiger partial charge is 0.141 e. The second kappa shape index (κ2) is 8.71. The van der Waals surface area contributed by atoms with Crippen molar-refractivity contribution in [1.29, 1.82) is 0 Å². The lowest BCUT2D eigenvalue weighted by Crippen LogP contribution is -2.23. The maximum Gasteiger partial charge on any atom is 0.141 e. The van der Waals surface area contributed by atoms with Crippen LogP contribution in [0, 0.1) is 25.5 Å². The number of ether oxygens (including phenoxy) is 1. The molecule has 1 aliphatic rings. The monoisotopic (exact) mass is 451 g/mol. The fraction of sp³-hybridized carbons (Fsp3) is 0.385. The SMILES string of the molecule is COC1CCC(n2c(Cc3cc(F)cc(F)c3)nc3cc(-c4c(C)noc4C)ccc32)CC1. The molecule has 1 saturated carbocycles. The van der Waals surface area contributed by atoms with Crippen LogP contribution in [0.1, 0.15) is 54.6 Å². The van der Waals surface area contributed by atoms with Crippen molar-refractivity contribution in [2.75, 3.05) is 7.11 Å². The summed E-state index contributed by atoms with van der Waals surface area (Å²) in [6, 6.07) is 10.1. The summed E-state index contributed by atoms with van der Waals surface area (Å²) in [5, 5.41) is 4.07. The van der Waals surface area contributed by atoms with Gasteiger partial charge in [-0.2, -0.15) is 0 Å². The normalized spacial score (nSPS) is 18.8. The van der Waals surface area contributed by atoms with Crippen LogP contribution in [0.3, 0.4) is 0 Å². The summed E-state index contributed by atoms with van der Waals surface area (Å²) in [7, 11) is 1.76. The van der Waals surface area contributed by atoms with Crippen LogP contribution in [0.15, 0.2) is 40.9 Å². The lowest BCUT2D eigenvalue weighted by atomic mass is 9.92. The fourth-order valence-corrected chi connectivity index (χ4v) is 5.17. The van der Waals surface area contributed by atoms with E-state index in [-0.39, 0.29) is 12.1 Å². The molecule has 0 radical (unpaired) electrons. The summed E-state index contributed by atoms with van der Waals surface area (Å²) < 4.78 is 40.9. The highest BCUT2D eigenvalue weighted by Gasteiger charge is 2.26. The molecule has 0 saturated heterocycles. The number of fused-ring (bicyclic) bond motifs is 1. The number of imidazole rings is 1. The topological polar surface area (TPSA) is 53.1 Å². The second-order valence-electron chi connectivity index (χ2n) is 8.92. The molecule has 5 nitrogen and oxygen atoms in total. The number of aromatic nitrogens is 3. The van der Waals surface area contributed by atoms with Crippen molar-refractivity contribution in [3.63, 3.8) is 0 Å². The highest BCUT2D eigenvalue weighted by Crippen LogP contribution is 2.36. The first kappa shape index (κ1) is 21.8. The summed E-state index contributed by atoms with van der Waals surface area (Å²) in [5.74, 6) is 0.425. The van der Waals surface area contributed by atoms with Crippen LogP contribution in [0.25, 0.3) is 22.2 Å². The van der Waals surface area contributed by atoms with E-state index in [2.05, 4.69) is 27.9 Å². The van der Waals surface area contributed by atoms with Gasteiger partial charge in [-0.15, -0.1) is 0 Å². The van der Waals surface area contributed by atoms with Crippen LogP contribution in [0.2, 0.25) is 0 Å². The van der Waals surface area contributed by atoms with Crippen LogP contribution < -0.4 is 0 Å². The Morgan fingerprint density at radius 1 is 1.03 bits per heavy atom. The average molecular weight is 452 g/mol. The van der Waals surface area contributed by atoms with E-state index in [0.717, 1.165) is 71.2 Å². The minimum Gasteiger partial charge on any atom is -0.381 e. The van der Waals surface area contributed by atoms with Crippen molar-refractivity contribution in [1.82, 2.24) is 14.7 Å². The summed E-state index contributed by atoms with van der Waals surface area (Å²) in [6.45, 7) is 3.82. The zero-order valence-corrected chi connectivity index (χ0v) is 19.1. The summed E-state index contributed by atoms with van der Waals surface area (Å²) in [4.78, 5) is 4.95. The van der Waals surface area contributed by atoms with Crippen molar-refractivity contribution >= 4 is 11.0 Å². The zero-order valence-electron chi connectivity index (χ0n) is 19.1.